The molecule has 0 saturated carbocycles. The summed E-state index contributed by atoms with van der Waals surface area (Å²) in [6, 6.07) is 6.57. The number of nitriles is 1. The minimum atomic E-state index is -0.323. The second-order valence-corrected chi connectivity index (χ2v) is 4.67. The number of nitrogens with zero attached hydrogens (tertiary/aromatic N) is 3. The summed E-state index contributed by atoms with van der Waals surface area (Å²) in [5.74, 6) is -0.323. The van der Waals surface area contributed by atoms with Crippen LogP contribution in [-0.4, -0.2) is 42.5 Å². The standard InChI is InChI=1S/C14H18FN3/c1-2-17-3-5-18(6-4-17)11-13-7-12(10-16)8-14(15)9-13/h7-9H,2-6,11H2,1H3. The smallest absolute Gasteiger partial charge is 0.124 e. The third-order valence-corrected chi connectivity index (χ3v) is 3.40. The largest absolute Gasteiger partial charge is 0.301 e. The number of likely N-dealkylation sites (N-methyl/N-ethyl adjacent to an activating group) is 1. The number of hydrogen-bond donors (Lipinski definition) is 0. The minimum absolute atomic E-state index is 0.323. The zero-order valence-electron chi connectivity index (χ0n) is 10.7. The van der Waals surface area contributed by atoms with E-state index in [-0.39, 0.29) is 5.82 Å². The van der Waals surface area contributed by atoms with Crippen LogP contribution in [0.25, 0.3) is 0 Å². The summed E-state index contributed by atoms with van der Waals surface area (Å²) < 4.78 is 13.3. The van der Waals surface area contributed by atoms with Gasteiger partial charge in [-0.15, -0.1) is 0 Å². The van der Waals surface area contributed by atoms with E-state index in [4.69, 9.17) is 5.26 Å². The van der Waals surface area contributed by atoms with Crippen molar-refractivity contribution in [1.82, 2.24) is 9.80 Å². The van der Waals surface area contributed by atoms with Gasteiger partial charge in [0.2, 0.25) is 0 Å². The van der Waals surface area contributed by atoms with E-state index < -0.39 is 0 Å². The van der Waals surface area contributed by atoms with Crippen LogP contribution in [-0.2, 0) is 6.54 Å². The van der Waals surface area contributed by atoms with Crippen molar-refractivity contribution in [2.45, 2.75) is 13.5 Å². The van der Waals surface area contributed by atoms with E-state index in [1.165, 1.54) is 12.1 Å². The summed E-state index contributed by atoms with van der Waals surface area (Å²) in [5.41, 5.74) is 1.29. The van der Waals surface area contributed by atoms with Gasteiger partial charge in [-0.05, 0) is 30.3 Å². The van der Waals surface area contributed by atoms with Crippen LogP contribution in [0.2, 0.25) is 0 Å². The molecule has 0 bridgehead atoms. The number of halogens is 1. The van der Waals surface area contributed by atoms with Crippen LogP contribution < -0.4 is 0 Å². The Balaban J connectivity index is 1.98. The monoisotopic (exact) mass is 247 g/mol. The Morgan fingerprint density at radius 2 is 1.83 bits per heavy atom. The van der Waals surface area contributed by atoms with Crippen molar-refractivity contribution in [3.63, 3.8) is 0 Å². The fourth-order valence-corrected chi connectivity index (χ4v) is 2.33. The Morgan fingerprint density at radius 3 is 2.44 bits per heavy atom. The van der Waals surface area contributed by atoms with Crippen molar-refractivity contribution < 1.29 is 4.39 Å². The summed E-state index contributed by atoms with van der Waals surface area (Å²) in [7, 11) is 0. The Bertz CT molecular complexity index is 445. The Hall–Kier alpha value is -1.44. The molecule has 0 spiro atoms. The number of rotatable bonds is 3. The molecule has 18 heavy (non-hydrogen) atoms. The first kappa shape index (κ1) is 13.0. The van der Waals surface area contributed by atoms with Crippen LogP contribution in [0.3, 0.4) is 0 Å². The lowest BCUT2D eigenvalue weighted by Gasteiger charge is -2.34. The predicted octanol–water partition coefficient (Wildman–Crippen LogP) is 1.83. The van der Waals surface area contributed by atoms with Crippen molar-refractivity contribution in [1.29, 1.82) is 5.26 Å². The van der Waals surface area contributed by atoms with Crippen LogP contribution in [0.4, 0.5) is 4.39 Å². The molecule has 1 aromatic carbocycles. The van der Waals surface area contributed by atoms with E-state index in [0.717, 1.165) is 44.8 Å². The molecule has 1 saturated heterocycles. The van der Waals surface area contributed by atoms with Gasteiger partial charge < -0.3 is 4.90 Å². The van der Waals surface area contributed by atoms with E-state index in [0.29, 0.717) is 5.56 Å². The van der Waals surface area contributed by atoms with Crippen LogP contribution in [0.15, 0.2) is 18.2 Å². The quantitative estimate of drug-likeness (QED) is 0.816. The van der Waals surface area contributed by atoms with E-state index in [1.54, 1.807) is 6.07 Å². The van der Waals surface area contributed by atoms with Crippen molar-refractivity contribution in [2.75, 3.05) is 32.7 Å². The Kier molecular flexibility index (Phi) is 4.29. The molecule has 0 amide bonds. The van der Waals surface area contributed by atoms with Gasteiger partial charge in [0.15, 0.2) is 0 Å². The van der Waals surface area contributed by atoms with Crippen LogP contribution in [0.1, 0.15) is 18.1 Å². The second-order valence-electron chi connectivity index (χ2n) is 4.67. The summed E-state index contributed by atoms with van der Waals surface area (Å²) in [4.78, 5) is 4.71. The summed E-state index contributed by atoms with van der Waals surface area (Å²) in [6.07, 6.45) is 0. The number of piperazine rings is 1. The highest BCUT2D eigenvalue weighted by molar-refractivity contribution is 5.33. The van der Waals surface area contributed by atoms with E-state index >= 15 is 0 Å². The molecule has 0 unspecified atom stereocenters. The third kappa shape index (κ3) is 3.28. The van der Waals surface area contributed by atoms with Gasteiger partial charge in [0.1, 0.15) is 5.82 Å². The fraction of sp³-hybridized carbons (Fsp3) is 0.500. The molecule has 0 N–H and O–H groups in total. The number of benzene rings is 1. The normalized spacial score (nSPS) is 17.6. The fourth-order valence-electron chi connectivity index (χ4n) is 2.33. The third-order valence-electron chi connectivity index (χ3n) is 3.40. The molecule has 0 aromatic heterocycles. The molecule has 1 fully saturated rings. The summed E-state index contributed by atoms with van der Waals surface area (Å²) >= 11 is 0. The zero-order chi connectivity index (χ0) is 13.0. The summed E-state index contributed by atoms with van der Waals surface area (Å²) in [5, 5.41) is 8.82. The van der Waals surface area contributed by atoms with Gasteiger partial charge in [0.05, 0.1) is 11.6 Å². The van der Waals surface area contributed by atoms with E-state index in [9.17, 15) is 4.39 Å². The molecule has 0 radical (unpaired) electrons. The highest BCUT2D eigenvalue weighted by atomic mass is 19.1. The van der Waals surface area contributed by atoms with Gasteiger partial charge in [-0.3, -0.25) is 4.90 Å². The first-order chi connectivity index (χ1) is 8.71. The molecule has 1 aromatic rings. The minimum Gasteiger partial charge on any atom is -0.301 e. The lowest BCUT2D eigenvalue weighted by Crippen LogP contribution is -2.45. The first-order valence-corrected chi connectivity index (χ1v) is 6.35. The molecular formula is C14H18FN3. The average Bonchev–Trinajstić information content (AvgIpc) is 2.39. The molecular weight excluding hydrogens is 229 g/mol. The Morgan fingerprint density at radius 1 is 1.17 bits per heavy atom. The van der Waals surface area contributed by atoms with Crippen molar-refractivity contribution >= 4 is 0 Å². The van der Waals surface area contributed by atoms with Gasteiger partial charge in [-0.25, -0.2) is 4.39 Å². The molecule has 4 heteroatoms. The van der Waals surface area contributed by atoms with Gasteiger partial charge in [-0.1, -0.05) is 6.92 Å². The molecule has 1 aliphatic heterocycles. The molecule has 0 aliphatic carbocycles. The lowest BCUT2D eigenvalue weighted by atomic mass is 10.1. The Labute approximate surface area is 107 Å². The maximum Gasteiger partial charge on any atom is 0.124 e. The molecule has 2 rings (SSSR count). The maximum absolute atomic E-state index is 13.3. The van der Waals surface area contributed by atoms with Gasteiger partial charge >= 0.3 is 0 Å². The summed E-state index contributed by atoms with van der Waals surface area (Å²) in [6.45, 7) is 8.13. The predicted molar refractivity (Wildman–Crippen MR) is 68.5 cm³/mol. The molecule has 3 nitrogen and oxygen atoms in total. The first-order valence-electron chi connectivity index (χ1n) is 6.35. The molecule has 96 valence electrons. The SMILES string of the molecule is CCN1CCN(Cc2cc(F)cc(C#N)c2)CC1. The van der Waals surface area contributed by atoms with Crippen LogP contribution >= 0.6 is 0 Å². The zero-order valence-corrected chi connectivity index (χ0v) is 10.7. The molecule has 0 atom stereocenters. The van der Waals surface area contributed by atoms with Crippen LogP contribution in [0.5, 0.6) is 0 Å². The highest BCUT2D eigenvalue weighted by Gasteiger charge is 2.15. The van der Waals surface area contributed by atoms with Crippen LogP contribution in [0, 0.1) is 17.1 Å². The molecule has 1 aliphatic rings. The van der Waals surface area contributed by atoms with Crippen molar-refractivity contribution in [3.8, 4) is 6.07 Å². The lowest BCUT2D eigenvalue weighted by molar-refractivity contribution is 0.132. The average molecular weight is 247 g/mol. The topological polar surface area (TPSA) is 30.3 Å². The second kappa shape index (κ2) is 5.94. The van der Waals surface area contributed by atoms with Gasteiger partial charge in [0, 0.05) is 32.7 Å². The van der Waals surface area contributed by atoms with Gasteiger partial charge in [0.25, 0.3) is 0 Å². The number of hydrogen-bond acceptors (Lipinski definition) is 3. The van der Waals surface area contributed by atoms with E-state index in [2.05, 4.69) is 16.7 Å². The maximum atomic E-state index is 13.3. The molecule has 1 heterocycles. The highest BCUT2D eigenvalue weighted by Crippen LogP contribution is 2.12. The van der Waals surface area contributed by atoms with E-state index in [1.807, 2.05) is 6.07 Å². The van der Waals surface area contributed by atoms with Gasteiger partial charge in [-0.2, -0.15) is 5.26 Å². The van der Waals surface area contributed by atoms with Crippen molar-refractivity contribution in [3.05, 3.63) is 35.1 Å². The van der Waals surface area contributed by atoms with Crippen molar-refractivity contribution in [2.24, 2.45) is 0 Å².